The minimum atomic E-state index is -1.51. The summed E-state index contributed by atoms with van der Waals surface area (Å²) < 4.78 is 13.7. The molecule has 0 fully saturated rings. The Bertz CT molecular complexity index is 533. The van der Waals surface area contributed by atoms with Crippen LogP contribution in [0.2, 0.25) is 0 Å². The van der Waals surface area contributed by atoms with Gasteiger partial charge in [-0.2, -0.15) is 0 Å². The molecule has 20 heavy (non-hydrogen) atoms. The normalized spacial score (nSPS) is 13.6. The van der Waals surface area contributed by atoms with Crippen molar-refractivity contribution in [3.63, 3.8) is 0 Å². The van der Waals surface area contributed by atoms with Gasteiger partial charge in [-0.3, -0.25) is 10.1 Å². The highest BCUT2D eigenvalue weighted by molar-refractivity contribution is 5.93. The largest absolute Gasteiger partial charge is 0.477 e. The number of rotatable bonds is 6. The quantitative estimate of drug-likeness (QED) is 0.544. The second-order valence-electron chi connectivity index (χ2n) is 4.54. The summed E-state index contributed by atoms with van der Waals surface area (Å²) in [6.45, 7) is 3.24. The number of halogens is 1. The van der Waals surface area contributed by atoms with Crippen molar-refractivity contribution in [3.8, 4) is 0 Å². The Morgan fingerprint density at radius 2 is 2.10 bits per heavy atom. The van der Waals surface area contributed by atoms with Crippen LogP contribution in [0.3, 0.4) is 0 Å². The fraction of sp³-hybridized carbons (Fsp3) is 0.417. The molecule has 0 bridgehead atoms. The van der Waals surface area contributed by atoms with Crippen LogP contribution in [0.5, 0.6) is 0 Å². The van der Waals surface area contributed by atoms with Crippen molar-refractivity contribution in [3.05, 3.63) is 33.6 Å². The molecule has 1 rings (SSSR count). The number of nitrogens with one attached hydrogen (secondary N) is 1. The zero-order valence-corrected chi connectivity index (χ0v) is 11.0. The second-order valence-corrected chi connectivity index (χ2v) is 4.54. The van der Waals surface area contributed by atoms with Crippen LogP contribution in [-0.2, 0) is 0 Å². The highest BCUT2D eigenvalue weighted by atomic mass is 19.1. The zero-order valence-electron chi connectivity index (χ0n) is 11.0. The lowest BCUT2D eigenvalue weighted by Crippen LogP contribution is -2.21. The molecule has 0 saturated carbocycles. The average molecular weight is 286 g/mol. The fourth-order valence-corrected chi connectivity index (χ4v) is 1.83. The summed E-state index contributed by atoms with van der Waals surface area (Å²) >= 11 is 0. The maximum Gasteiger partial charge on any atom is 0.342 e. The second kappa shape index (κ2) is 6.29. The number of carboxylic acids is 1. The number of aliphatic hydroxyl groups is 1. The molecule has 0 aliphatic carbocycles. The number of nitro groups is 1. The Hall–Kier alpha value is -2.22. The van der Waals surface area contributed by atoms with E-state index >= 15 is 0 Å². The van der Waals surface area contributed by atoms with Gasteiger partial charge < -0.3 is 15.5 Å². The van der Waals surface area contributed by atoms with Gasteiger partial charge in [-0.1, -0.05) is 0 Å². The number of hydrogen-bond acceptors (Lipinski definition) is 5. The van der Waals surface area contributed by atoms with E-state index in [1.54, 1.807) is 13.8 Å². The van der Waals surface area contributed by atoms with E-state index < -0.39 is 34.1 Å². The number of aromatic carboxylic acids is 1. The Morgan fingerprint density at radius 1 is 1.50 bits per heavy atom. The van der Waals surface area contributed by atoms with Crippen LogP contribution >= 0.6 is 0 Å². The van der Waals surface area contributed by atoms with Gasteiger partial charge in [0.1, 0.15) is 5.56 Å². The minimum Gasteiger partial charge on any atom is -0.477 e. The Labute approximate surface area is 114 Å². The van der Waals surface area contributed by atoms with E-state index in [2.05, 4.69) is 5.32 Å². The van der Waals surface area contributed by atoms with E-state index in [0.717, 1.165) is 6.07 Å². The van der Waals surface area contributed by atoms with Gasteiger partial charge in [0, 0.05) is 6.04 Å². The number of carboxylic acid groups (broad SMARTS) is 1. The molecule has 0 amide bonds. The van der Waals surface area contributed by atoms with Crippen molar-refractivity contribution < 1.29 is 24.3 Å². The van der Waals surface area contributed by atoms with Crippen LogP contribution in [0.4, 0.5) is 15.8 Å². The fourth-order valence-electron chi connectivity index (χ4n) is 1.83. The molecule has 7 nitrogen and oxygen atoms in total. The third kappa shape index (κ3) is 3.89. The maximum absolute atomic E-state index is 13.7. The number of carbonyl (C=O) groups is 1. The first-order valence-electron chi connectivity index (χ1n) is 5.88. The van der Waals surface area contributed by atoms with Gasteiger partial charge in [0.25, 0.3) is 5.69 Å². The van der Waals surface area contributed by atoms with Gasteiger partial charge in [-0.05, 0) is 26.3 Å². The van der Waals surface area contributed by atoms with Gasteiger partial charge in [0.15, 0.2) is 5.82 Å². The van der Waals surface area contributed by atoms with E-state index in [1.165, 1.54) is 0 Å². The number of benzene rings is 1. The van der Waals surface area contributed by atoms with Gasteiger partial charge in [-0.25, -0.2) is 9.18 Å². The summed E-state index contributed by atoms with van der Waals surface area (Å²) in [6, 6.07) is 1.13. The van der Waals surface area contributed by atoms with Crippen LogP contribution in [0, 0.1) is 15.9 Å². The van der Waals surface area contributed by atoms with Crippen LogP contribution in [0.1, 0.15) is 30.6 Å². The van der Waals surface area contributed by atoms with E-state index in [0.29, 0.717) is 12.5 Å². The van der Waals surface area contributed by atoms with Gasteiger partial charge in [-0.15, -0.1) is 0 Å². The summed E-state index contributed by atoms with van der Waals surface area (Å²) in [6.07, 6.45) is -0.295. The molecule has 8 heteroatoms. The van der Waals surface area contributed by atoms with Crippen LogP contribution in [-0.4, -0.2) is 33.3 Å². The summed E-state index contributed by atoms with van der Waals surface area (Å²) in [5, 5.41) is 31.5. The van der Waals surface area contributed by atoms with Crippen molar-refractivity contribution in [2.75, 3.05) is 5.32 Å². The Balaban J connectivity index is 3.13. The number of nitrogens with zero attached hydrogens (tertiary/aromatic N) is 1. The van der Waals surface area contributed by atoms with Crippen molar-refractivity contribution >= 4 is 17.3 Å². The molecule has 2 unspecified atom stereocenters. The summed E-state index contributed by atoms with van der Waals surface area (Å²) in [4.78, 5) is 20.7. The number of anilines is 1. The van der Waals surface area contributed by atoms with E-state index in [1.807, 2.05) is 0 Å². The van der Waals surface area contributed by atoms with Gasteiger partial charge in [0.2, 0.25) is 0 Å². The van der Waals surface area contributed by atoms with Crippen LogP contribution < -0.4 is 5.32 Å². The predicted molar refractivity (Wildman–Crippen MR) is 69.4 cm³/mol. The smallest absolute Gasteiger partial charge is 0.342 e. The number of hydrogen-bond donors (Lipinski definition) is 3. The van der Waals surface area contributed by atoms with Crippen molar-refractivity contribution in [1.82, 2.24) is 0 Å². The molecular weight excluding hydrogens is 271 g/mol. The lowest BCUT2D eigenvalue weighted by Gasteiger charge is -2.17. The minimum absolute atomic E-state index is 0.152. The SMILES string of the molecule is CC(O)CC(C)Nc1cc(C(=O)O)c([N+](=O)[O-])cc1F. The molecule has 0 aliphatic heterocycles. The van der Waals surface area contributed by atoms with E-state index in [9.17, 15) is 24.4 Å². The summed E-state index contributed by atoms with van der Waals surface area (Å²) in [7, 11) is 0. The third-order valence-corrected chi connectivity index (χ3v) is 2.61. The number of aliphatic hydroxyl groups excluding tert-OH is 1. The maximum atomic E-state index is 13.7. The molecular formula is C12H15FN2O5. The topological polar surface area (TPSA) is 113 Å². The Kier molecular flexibility index (Phi) is 4.98. The van der Waals surface area contributed by atoms with Gasteiger partial charge >= 0.3 is 5.97 Å². The summed E-state index contributed by atoms with van der Waals surface area (Å²) in [5.41, 5.74) is -1.55. The molecule has 1 aromatic carbocycles. The number of nitro benzene ring substituents is 1. The highest BCUT2D eigenvalue weighted by Gasteiger charge is 2.23. The predicted octanol–water partition coefficient (Wildman–Crippen LogP) is 2.00. The monoisotopic (exact) mass is 286 g/mol. The molecule has 1 aromatic rings. The Morgan fingerprint density at radius 3 is 2.55 bits per heavy atom. The molecule has 2 atom stereocenters. The molecule has 0 aliphatic rings. The van der Waals surface area contributed by atoms with Crippen molar-refractivity contribution in [2.45, 2.75) is 32.4 Å². The lowest BCUT2D eigenvalue weighted by atomic mass is 10.1. The third-order valence-electron chi connectivity index (χ3n) is 2.61. The first kappa shape index (κ1) is 15.8. The molecule has 0 radical (unpaired) electrons. The first-order valence-corrected chi connectivity index (χ1v) is 5.88. The molecule has 3 N–H and O–H groups in total. The molecule has 0 aromatic heterocycles. The average Bonchev–Trinajstić information content (AvgIpc) is 2.29. The van der Waals surface area contributed by atoms with Crippen molar-refractivity contribution in [1.29, 1.82) is 0 Å². The molecule has 110 valence electrons. The molecule has 0 heterocycles. The van der Waals surface area contributed by atoms with Crippen molar-refractivity contribution in [2.24, 2.45) is 0 Å². The standard InChI is InChI=1S/C12H15FN2O5/c1-6(3-7(2)16)14-10-4-8(12(17)18)11(15(19)20)5-9(10)13/h4-7,14,16H,3H2,1-2H3,(H,17,18). The van der Waals surface area contributed by atoms with E-state index in [-0.39, 0.29) is 11.7 Å². The molecule has 0 spiro atoms. The van der Waals surface area contributed by atoms with Crippen LogP contribution in [0.25, 0.3) is 0 Å². The first-order chi connectivity index (χ1) is 9.22. The summed E-state index contributed by atoms with van der Waals surface area (Å²) in [5.74, 6) is -2.43. The highest BCUT2D eigenvalue weighted by Crippen LogP contribution is 2.27. The van der Waals surface area contributed by atoms with Crippen LogP contribution in [0.15, 0.2) is 12.1 Å². The zero-order chi connectivity index (χ0) is 15.4. The molecule has 0 saturated heterocycles. The lowest BCUT2D eigenvalue weighted by molar-refractivity contribution is -0.385. The van der Waals surface area contributed by atoms with E-state index in [4.69, 9.17) is 5.11 Å². The van der Waals surface area contributed by atoms with Gasteiger partial charge in [0.05, 0.1) is 22.8 Å².